The van der Waals surface area contributed by atoms with Crippen LogP contribution in [0.3, 0.4) is 0 Å². The number of hydrogen-bond acceptors (Lipinski definition) is 5. The number of para-hydroxylation sites is 1. The lowest BCUT2D eigenvalue weighted by Crippen LogP contribution is -1.89. The van der Waals surface area contributed by atoms with Gasteiger partial charge in [-0.2, -0.15) is 5.11 Å². The van der Waals surface area contributed by atoms with Crippen molar-refractivity contribution < 1.29 is 9.47 Å². The molecule has 5 nitrogen and oxygen atoms in total. The Morgan fingerprint density at radius 1 is 0.895 bits per heavy atom. The fraction of sp³-hybridized carbons (Fsp3) is 0.143. The highest BCUT2D eigenvalue weighted by atomic mass is 16.5. The van der Waals surface area contributed by atoms with Crippen molar-refractivity contribution in [3.8, 4) is 11.5 Å². The van der Waals surface area contributed by atoms with Crippen molar-refractivity contribution in [1.29, 1.82) is 0 Å². The Hall–Kier alpha value is -2.56. The Morgan fingerprint density at radius 3 is 2.26 bits per heavy atom. The van der Waals surface area contributed by atoms with E-state index in [1.165, 1.54) is 0 Å². The first kappa shape index (κ1) is 12.9. The lowest BCUT2D eigenvalue weighted by Gasteiger charge is -2.08. The van der Waals surface area contributed by atoms with E-state index in [1.54, 1.807) is 44.6 Å². The van der Waals surface area contributed by atoms with E-state index in [-0.39, 0.29) is 0 Å². The van der Waals surface area contributed by atoms with Crippen molar-refractivity contribution in [2.45, 2.75) is 0 Å². The van der Waals surface area contributed by atoms with Crippen molar-refractivity contribution in [2.24, 2.45) is 10.2 Å². The van der Waals surface area contributed by atoms with Gasteiger partial charge < -0.3 is 15.2 Å². The molecule has 2 rings (SSSR count). The molecule has 98 valence electrons. The smallest absolute Gasteiger partial charge is 0.188 e. The third kappa shape index (κ3) is 3.01. The first-order valence-electron chi connectivity index (χ1n) is 5.73. The van der Waals surface area contributed by atoms with Gasteiger partial charge in [0, 0.05) is 5.69 Å². The van der Waals surface area contributed by atoms with E-state index in [0.717, 1.165) is 5.69 Å². The quantitative estimate of drug-likeness (QED) is 0.670. The summed E-state index contributed by atoms with van der Waals surface area (Å²) in [5.41, 5.74) is 7.63. The summed E-state index contributed by atoms with van der Waals surface area (Å²) in [5, 5.41) is 8.30. The van der Waals surface area contributed by atoms with Crippen molar-refractivity contribution in [3.63, 3.8) is 0 Å². The maximum absolute atomic E-state index is 5.61. The van der Waals surface area contributed by atoms with Crippen LogP contribution in [0, 0.1) is 0 Å². The van der Waals surface area contributed by atoms with Crippen LogP contribution in [0.2, 0.25) is 0 Å². The molecule has 2 aromatic carbocycles. The summed E-state index contributed by atoms with van der Waals surface area (Å²) >= 11 is 0. The van der Waals surface area contributed by atoms with Gasteiger partial charge in [0.05, 0.1) is 19.9 Å². The van der Waals surface area contributed by atoms with Crippen molar-refractivity contribution in [2.75, 3.05) is 20.0 Å². The van der Waals surface area contributed by atoms with Crippen molar-refractivity contribution in [3.05, 3.63) is 42.5 Å². The van der Waals surface area contributed by atoms with Gasteiger partial charge in [0.25, 0.3) is 0 Å². The summed E-state index contributed by atoms with van der Waals surface area (Å²) in [6, 6.07) is 12.6. The standard InChI is InChI=1S/C14H15N3O2/c1-18-13-5-3-4-12(14(13)19-2)17-16-11-8-6-10(15)7-9-11/h3-9H,15H2,1-2H3. The molecule has 0 bridgehead atoms. The molecule has 0 unspecified atom stereocenters. The van der Waals surface area contributed by atoms with E-state index < -0.39 is 0 Å². The molecule has 0 saturated heterocycles. The third-order valence-corrected chi connectivity index (χ3v) is 2.55. The van der Waals surface area contributed by atoms with E-state index >= 15 is 0 Å². The van der Waals surface area contributed by atoms with Crippen LogP contribution in [-0.2, 0) is 0 Å². The average molecular weight is 257 g/mol. The number of anilines is 1. The van der Waals surface area contributed by atoms with Crippen LogP contribution in [0.5, 0.6) is 11.5 Å². The van der Waals surface area contributed by atoms with Crippen LogP contribution in [0.25, 0.3) is 0 Å². The van der Waals surface area contributed by atoms with Crippen LogP contribution in [0.4, 0.5) is 17.1 Å². The number of azo groups is 1. The SMILES string of the molecule is COc1cccc(N=Nc2ccc(N)cc2)c1OC. The highest BCUT2D eigenvalue weighted by Crippen LogP contribution is 2.37. The Balaban J connectivity index is 2.30. The lowest BCUT2D eigenvalue weighted by atomic mass is 10.3. The van der Waals surface area contributed by atoms with Gasteiger partial charge in [0.1, 0.15) is 5.69 Å². The molecule has 0 aliphatic carbocycles. The van der Waals surface area contributed by atoms with Gasteiger partial charge in [-0.1, -0.05) is 6.07 Å². The van der Waals surface area contributed by atoms with Crippen molar-refractivity contribution >= 4 is 17.1 Å². The average Bonchev–Trinajstić information content (AvgIpc) is 2.46. The van der Waals surface area contributed by atoms with E-state index in [0.29, 0.717) is 22.9 Å². The molecule has 0 atom stereocenters. The molecule has 0 heterocycles. The van der Waals surface area contributed by atoms with Crippen LogP contribution in [0.1, 0.15) is 0 Å². The van der Waals surface area contributed by atoms with Crippen LogP contribution < -0.4 is 15.2 Å². The largest absolute Gasteiger partial charge is 0.493 e. The first-order chi connectivity index (χ1) is 9.24. The van der Waals surface area contributed by atoms with Gasteiger partial charge in [-0.05, 0) is 36.4 Å². The second-order valence-electron chi connectivity index (χ2n) is 3.80. The zero-order valence-electron chi connectivity index (χ0n) is 10.8. The highest BCUT2D eigenvalue weighted by Gasteiger charge is 2.08. The Bertz CT molecular complexity index is 580. The Labute approximate surface area is 111 Å². The monoisotopic (exact) mass is 257 g/mol. The number of nitrogens with zero attached hydrogens (tertiary/aromatic N) is 2. The van der Waals surface area contributed by atoms with Gasteiger partial charge in [-0.25, -0.2) is 0 Å². The van der Waals surface area contributed by atoms with Crippen molar-refractivity contribution in [1.82, 2.24) is 0 Å². The molecule has 0 aliphatic rings. The van der Waals surface area contributed by atoms with Crippen LogP contribution in [0.15, 0.2) is 52.7 Å². The van der Waals surface area contributed by atoms with Crippen LogP contribution >= 0.6 is 0 Å². The second kappa shape index (κ2) is 5.86. The summed E-state index contributed by atoms with van der Waals surface area (Å²) in [7, 11) is 3.15. The summed E-state index contributed by atoms with van der Waals surface area (Å²) in [4.78, 5) is 0. The van der Waals surface area contributed by atoms with Crippen LogP contribution in [-0.4, -0.2) is 14.2 Å². The maximum atomic E-state index is 5.61. The molecule has 5 heteroatoms. The minimum absolute atomic E-state index is 0.559. The normalized spacial score (nSPS) is 10.6. The number of ether oxygens (including phenoxy) is 2. The molecule has 0 radical (unpaired) electrons. The number of nitrogen functional groups attached to an aromatic ring is 1. The van der Waals surface area contributed by atoms with Gasteiger partial charge >= 0.3 is 0 Å². The molecular formula is C14H15N3O2. The Morgan fingerprint density at radius 2 is 1.63 bits per heavy atom. The first-order valence-corrected chi connectivity index (χ1v) is 5.73. The number of benzene rings is 2. The Kier molecular flexibility index (Phi) is 3.97. The van der Waals surface area contributed by atoms with E-state index in [2.05, 4.69) is 10.2 Å². The number of rotatable bonds is 4. The molecule has 19 heavy (non-hydrogen) atoms. The fourth-order valence-corrected chi connectivity index (χ4v) is 1.60. The summed E-state index contributed by atoms with van der Waals surface area (Å²) < 4.78 is 10.5. The molecule has 2 aromatic rings. The van der Waals surface area contributed by atoms with Gasteiger partial charge in [-0.3, -0.25) is 0 Å². The number of methoxy groups -OCH3 is 2. The zero-order valence-corrected chi connectivity index (χ0v) is 10.8. The highest BCUT2D eigenvalue weighted by molar-refractivity contribution is 5.59. The number of nitrogens with two attached hydrogens (primary N) is 1. The molecule has 0 spiro atoms. The maximum Gasteiger partial charge on any atom is 0.188 e. The second-order valence-corrected chi connectivity index (χ2v) is 3.80. The summed E-state index contributed by atoms with van der Waals surface area (Å²) in [6.07, 6.45) is 0. The van der Waals surface area contributed by atoms with E-state index in [1.807, 2.05) is 12.1 Å². The molecule has 2 N–H and O–H groups in total. The molecule has 0 aliphatic heterocycles. The van der Waals surface area contributed by atoms with Gasteiger partial charge in [0.2, 0.25) is 0 Å². The molecule has 0 saturated carbocycles. The van der Waals surface area contributed by atoms with E-state index in [9.17, 15) is 0 Å². The molecule has 0 aromatic heterocycles. The summed E-state index contributed by atoms with van der Waals surface area (Å²) in [6.45, 7) is 0. The molecular weight excluding hydrogens is 242 g/mol. The van der Waals surface area contributed by atoms with E-state index in [4.69, 9.17) is 15.2 Å². The summed E-state index contributed by atoms with van der Waals surface area (Å²) in [5.74, 6) is 1.18. The third-order valence-electron chi connectivity index (χ3n) is 2.55. The predicted octanol–water partition coefficient (Wildman–Crippen LogP) is 3.70. The minimum Gasteiger partial charge on any atom is -0.493 e. The minimum atomic E-state index is 0.559. The lowest BCUT2D eigenvalue weighted by molar-refractivity contribution is 0.356. The van der Waals surface area contributed by atoms with Gasteiger partial charge in [0.15, 0.2) is 11.5 Å². The number of hydrogen-bond donors (Lipinski definition) is 1. The zero-order chi connectivity index (χ0) is 13.7. The topological polar surface area (TPSA) is 69.2 Å². The molecule has 0 fully saturated rings. The predicted molar refractivity (Wildman–Crippen MR) is 74.6 cm³/mol. The fourth-order valence-electron chi connectivity index (χ4n) is 1.60. The molecule has 0 amide bonds. The van der Waals surface area contributed by atoms with Gasteiger partial charge in [-0.15, -0.1) is 5.11 Å².